The van der Waals surface area contributed by atoms with Gasteiger partial charge < -0.3 is 14.9 Å². The van der Waals surface area contributed by atoms with Gasteiger partial charge in [0.25, 0.3) is 0 Å². The Bertz CT molecular complexity index is 924. The van der Waals surface area contributed by atoms with Crippen LogP contribution in [-0.4, -0.2) is 45.0 Å². The quantitative estimate of drug-likeness (QED) is 0.804. The molecule has 3 heterocycles. The minimum Gasteiger partial charge on any atom is -0.465 e. The lowest BCUT2D eigenvalue weighted by molar-refractivity contribution is 0.0991. The third kappa shape index (κ3) is 3.82. The fourth-order valence-electron chi connectivity index (χ4n) is 5.20. The summed E-state index contributed by atoms with van der Waals surface area (Å²) in [5.74, 6) is 1.11. The van der Waals surface area contributed by atoms with Gasteiger partial charge in [0.05, 0.1) is 6.20 Å². The zero-order valence-electron chi connectivity index (χ0n) is 17.4. The van der Waals surface area contributed by atoms with Gasteiger partial charge in [0.15, 0.2) is 0 Å². The molecule has 1 fully saturated rings. The van der Waals surface area contributed by atoms with E-state index in [-0.39, 0.29) is 11.5 Å². The molecule has 1 atom stereocenters. The van der Waals surface area contributed by atoms with E-state index < -0.39 is 6.09 Å². The summed E-state index contributed by atoms with van der Waals surface area (Å²) in [6, 6.07) is 6.25. The third-order valence-corrected chi connectivity index (χ3v) is 6.78. The molecule has 0 spiro atoms. The molecule has 156 valence electrons. The highest BCUT2D eigenvalue weighted by molar-refractivity contribution is 6.30. The van der Waals surface area contributed by atoms with E-state index in [1.165, 1.54) is 16.7 Å². The number of hydrogen-bond acceptors (Lipinski definition) is 3. The van der Waals surface area contributed by atoms with Gasteiger partial charge in [-0.25, -0.2) is 4.79 Å². The Labute approximate surface area is 177 Å². The van der Waals surface area contributed by atoms with Gasteiger partial charge >= 0.3 is 6.09 Å². The predicted octanol–water partition coefficient (Wildman–Crippen LogP) is 4.35. The van der Waals surface area contributed by atoms with E-state index in [0.717, 1.165) is 49.6 Å². The third-order valence-electron chi connectivity index (χ3n) is 6.56. The molecule has 7 heteroatoms. The highest BCUT2D eigenvalue weighted by Gasteiger charge is 2.40. The van der Waals surface area contributed by atoms with Gasteiger partial charge in [0.1, 0.15) is 5.82 Å². The van der Waals surface area contributed by atoms with E-state index in [2.05, 4.69) is 36.0 Å². The fourth-order valence-corrected chi connectivity index (χ4v) is 5.46. The van der Waals surface area contributed by atoms with Crippen LogP contribution < -0.4 is 4.90 Å². The maximum absolute atomic E-state index is 11.7. The largest absolute Gasteiger partial charge is 0.465 e. The highest BCUT2D eigenvalue weighted by Crippen LogP contribution is 2.39. The summed E-state index contributed by atoms with van der Waals surface area (Å²) >= 11 is 6.51. The number of fused-ring (bicyclic) bond motifs is 1. The number of likely N-dealkylation sites (tertiary alicyclic amines) is 1. The molecule has 0 unspecified atom stereocenters. The SMILES string of the molecule is Cn1nccc1N1CCc2c(cc(Cl)cc2CC(C)(C)[C@@H]2CCCN2C(=O)O)C1. The molecule has 1 saturated heterocycles. The molecule has 6 nitrogen and oxygen atoms in total. The number of halogens is 1. The first-order valence-electron chi connectivity index (χ1n) is 10.3. The van der Waals surface area contributed by atoms with Crippen molar-refractivity contribution in [1.29, 1.82) is 0 Å². The molecule has 2 aliphatic heterocycles. The van der Waals surface area contributed by atoms with Crippen molar-refractivity contribution in [2.45, 2.75) is 52.1 Å². The van der Waals surface area contributed by atoms with E-state index in [1.807, 2.05) is 24.0 Å². The second kappa shape index (κ2) is 7.56. The zero-order chi connectivity index (χ0) is 20.8. The molecule has 2 aromatic rings. The maximum atomic E-state index is 11.7. The second-order valence-electron chi connectivity index (χ2n) is 8.99. The molecule has 0 radical (unpaired) electrons. The van der Waals surface area contributed by atoms with Crippen molar-refractivity contribution >= 4 is 23.5 Å². The van der Waals surface area contributed by atoms with Crippen molar-refractivity contribution in [3.63, 3.8) is 0 Å². The van der Waals surface area contributed by atoms with Crippen LogP contribution in [0.1, 0.15) is 43.4 Å². The first-order chi connectivity index (χ1) is 13.8. The topological polar surface area (TPSA) is 61.6 Å². The smallest absolute Gasteiger partial charge is 0.407 e. The Hall–Kier alpha value is -2.21. The van der Waals surface area contributed by atoms with Crippen LogP contribution in [0, 0.1) is 5.41 Å². The average Bonchev–Trinajstić information content (AvgIpc) is 3.30. The highest BCUT2D eigenvalue weighted by atomic mass is 35.5. The molecular weight excluding hydrogens is 388 g/mol. The molecule has 1 aromatic carbocycles. The lowest BCUT2D eigenvalue weighted by atomic mass is 9.76. The molecule has 0 aliphatic carbocycles. The summed E-state index contributed by atoms with van der Waals surface area (Å²) in [7, 11) is 1.96. The van der Waals surface area contributed by atoms with Crippen LogP contribution in [0.3, 0.4) is 0 Å². The van der Waals surface area contributed by atoms with Crippen LogP contribution in [0.15, 0.2) is 24.4 Å². The van der Waals surface area contributed by atoms with Gasteiger partial charge in [-0.2, -0.15) is 5.10 Å². The van der Waals surface area contributed by atoms with Crippen LogP contribution >= 0.6 is 11.6 Å². The number of carboxylic acid groups (broad SMARTS) is 1. The molecule has 1 N–H and O–H groups in total. The molecule has 29 heavy (non-hydrogen) atoms. The molecule has 0 bridgehead atoms. The molecule has 1 aromatic heterocycles. The van der Waals surface area contributed by atoms with Gasteiger partial charge in [-0.1, -0.05) is 25.4 Å². The standard InChI is InChI=1S/C22H29ClN4O2/c1-22(2,19-5-4-9-27(19)21(28)29)13-15-11-17(23)12-16-14-26(10-7-18(15)16)20-6-8-24-25(20)3/h6,8,11-12,19H,4-5,7,9-10,13-14H2,1-3H3,(H,28,29)/t19-/m0/s1. The summed E-state index contributed by atoms with van der Waals surface area (Å²) in [5.41, 5.74) is 3.75. The van der Waals surface area contributed by atoms with Gasteiger partial charge in [0, 0.05) is 43.8 Å². The fraction of sp³-hybridized carbons (Fsp3) is 0.545. The lowest BCUT2D eigenvalue weighted by Gasteiger charge is -2.38. The molecule has 4 rings (SSSR count). The van der Waals surface area contributed by atoms with Gasteiger partial charge in [-0.3, -0.25) is 4.68 Å². The van der Waals surface area contributed by atoms with E-state index in [0.29, 0.717) is 6.54 Å². The van der Waals surface area contributed by atoms with Crippen molar-refractivity contribution in [2.75, 3.05) is 18.0 Å². The summed E-state index contributed by atoms with van der Waals surface area (Å²) in [5, 5.41) is 14.6. The van der Waals surface area contributed by atoms with Gasteiger partial charge in [0.2, 0.25) is 0 Å². The van der Waals surface area contributed by atoms with Crippen LogP contribution in [0.5, 0.6) is 0 Å². The number of aryl methyl sites for hydroxylation is 1. The average molecular weight is 417 g/mol. The van der Waals surface area contributed by atoms with Crippen molar-refractivity contribution in [2.24, 2.45) is 12.5 Å². The number of nitrogens with zero attached hydrogens (tertiary/aromatic N) is 4. The number of benzene rings is 1. The van der Waals surface area contributed by atoms with Crippen LogP contribution in [0.4, 0.5) is 10.6 Å². The zero-order valence-corrected chi connectivity index (χ0v) is 18.1. The second-order valence-corrected chi connectivity index (χ2v) is 9.42. The summed E-state index contributed by atoms with van der Waals surface area (Å²) in [6.45, 7) is 6.77. The molecular formula is C22H29ClN4O2. The number of amides is 1. The van der Waals surface area contributed by atoms with Gasteiger partial charge in [-0.05, 0) is 59.9 Å². The molecule has 1 amide bonds. The molecule has 0 saturated carbocycles. The van der Waals surface area contributed by atoms with Crippen molar-refractivity contribution in [3.8, 4) is 0 Å². The lowest BCUT2D eigenvalue weighted by Crippen LogP contribution is -2.45. The van der Waals surface area contributed by atoms with Crippen LogP contribution in [-0.2, 0) is 26.4 Å². The number of aromatic nitrogens is 2. The van der Waals surface area contributed by atoms with E-state index >= 15 is 0 Å². The Balaban J connectivity index is 1.60. The Morgan fingerprint density at radius 3 is 2.83 bits per heavy atom. The first kappa shape index (κ1) is 20.1. The first-order valence-corrected chi connectivity index (χ1v) is 10.7. The van der Waals surface area contributed by atoms with Crippen LogP contribution in [0.25, 0.3) is 0 Å². The van der Waals surface area contributed by atoms with Crippen LogP contribution in [0.2, 0.25) is 5.02 Å². The summed E-state index contributed by atoms with van der Waals surface area (Å²) in [6.07, 6.45) is 4.67. The number of anilines is 1. The molecule has 2 aliphatic rings. The Morgan fingerprint density at radius 2 is 2.14 bits per heavy atom. The number of carbonyl (C=O) groups is 1. The minimum atomic E-state index is -0.805. The Kier molecular flexibility index (Phi) is 5.23. The van der Waals surface area contributed by atoms with E-state index in [9.17, 15) is 9.90 Å². The summed E-state index contributed by atoms with van der Waals surface area (Å²) in [4.78, 5) is 15.6. The summed E-state index contributed by atoms with van der Waals surface area (Å²) < 4.78 is 1.90. The minimum absolute atomic E-state index is 0.0455. The van der Waals surface area contributed by atoms with Gasteiger partial charge in [-0.15, -0.1) is 0 Å². The van der Waals surface area contributed by atoms with Crippen molar-refractivity contribution in [3.05, 3.63) is 46.1 Å². The normalized spacial score (nSPS) is 19.5. The van der Waals surface area contributed by atoms with E-state index in [4.69, 9.17) is 11.6 Å². The number of hydrogen-bond donors (Lipinski definition) is 1. The number of rotatable bonds is 4. The maximum Gasteiger partial charge on any atom is 0.407 e. The van der Waals surface area contributed by atoms with Crippen molar-refractivity contribution < 1.29 is 9.90 Å². The monoisotopic (exact) mass is 416 g/mol. The Morgan fingerprint density at radius 1 is 1.34 bits per heavy atom. The van der Waals surface area contributed by atoms with E-state index in [1.54, 1.807) is 4.90 Å². The van der Waals surface area contributed by atoms with Crippen molar-refractivity contribution in [1.82, 2.24) is 14.7 Å². The predicted molar refractivity (Wildman–Crippen MR) is 115 cm³/mol.